The smallest absolute Gasteiger partial charge is 0.142 e. The highest BCUT2D eigenvalue weighted by Gasteiger charge is 2.20. The van der Waals surface area contributed by atoms with E-state index in [1.807, 2.05) is 49.5 Å². The molecule has 58 heavy (non-hydrogen) atoms. The van der Waals surface area contributed by atoms with Gasteiger partial charge >= 0.3 is 0 Å². The number of imidazole rings is 1. The fraction of sp³-hybridized carbons (Fsp3) is 0.326. The normalized spacial score (nSPS) is 14.3. The number of hydrogen-bond acceptors (Lipinski definition) is 9. The standard InChI is InChI=1S/C46H48Cl2N6O4/c1-30-34(7-4-8-38(30)39-9-5-10-43(31(39)2)56-18-6-15-54-17-13-37(55)27-54)29-58-45-22-44(57-28-33-19-32(23-49)24-50-25-33)35(20-40(45)48)26-53(3)16-14-46-51-41-12-11-36(47)21-42(41)52-46/h4-5,7-12,19-22,24-25,37,55H,6,13-18,26-29H2,1-3H3,(H,51,52)/t37-/m1/s1. The van der Waals surface area contributed by atoms with Gasteiger partial charge in [-0.1, -0.05) is 53.5 Å². The number of aliphatic hydroxyl groups excluding tert-OH is 1. The second kappa shape index (κ2) is 19.1. The molecule has 0 bridgehead atoms. The van der Waals surface area contributed by atoms with Gasteiger partial charge in [-0.3, -0.25) is 4.98 Å². The van der Waals surface area contributed by atoms with Crippen molar-refractivity contribution in [1.29, 1.82) is 5.26 Å². The topological polar surface area (TPSA) is 120 Å². The molecule has 3 heterocycles. The maximum atomic E-state index is 9.83. The molecule has 300 valence electrons. The SMILES string of the molecule is Cc1c(COc2cc(OCc3cncc(C#N)c3)c(CN(C)CCc3nc4cc(Cl)ccc4[nH]3)cc2Cl)cccc1-c1cccc(OCCCN2CC[C@@H](O)C2)c1C. The molecule has 0 radical (unpaired) electrons. The van der Waals surface area contributed by atoms with Crippen molar-refractivity contribution in [2.24, 2.45) is 0 Å². The first-order valence-corrected chi connectivity index (χ1v) is 20.4. The van der Waals surface area contributed by atoms with Crippen molar-refractivity contribution in [2.45, 2.75) is 59.0 Å². The molecular formula is C46H48Cl2N6O4. The average Bonchev–Trinajstić information content (AvgIpc) is 3.83. The van der Waals surface area contributed by atoms with Gasteiger partial charge in [-0.15, -0.1) is 0 Å². The van der Waals surface area contributed by atoms with Gasteiger partial charge in [0.25, 0.3) is 0 Å². The van der Waals surface area contributed by atoms with Crippen LogP contribution in [0, 0.1) is 25.2 Å². The van der Waals surface area contributed by atoms with Crippen LogP contribution in [0.15, 0.2) is 85.2 Å². The van der Waals surface area contributed by atoms with Crippen LogP contribution < -0.4 is 14.2 Å². The molecule has 1 fully saturated rings. The van der Waals surface area contributed by atoms with E-state index in [1.54, 1.807) is 12.3 Å². The van der Waals surface area contributed by atoms with Gasteiger partial charge in [0, 0.05) is 73.8 Å². The minimum absolute atomic E-state index is 0.207. The monoisotopic (exact) mass is 818 g/mol. The van der Waals surface area contributed by atoms with Gasteiger partial charge in [0.1, 0.15) is 42.4 Å². The van der Waals surface area contributed by atoms with Crippen LogP contribution in [0.4, 0.5) is 0 Å². The van der Waals surface area contributed by atoms with Crippen molar-refractivity contribution < 1.29 is 19.3 Å². The minimum atomic E-state index is -0.207. The van der Waals surface area contributed by atoms with E-state index in [-0.39, 0.29) is 12.7 Å². The van der Waals surface area contributed by atoms with Crippen LogP contribution in [-0.2, 0) is 26.2 Å². The molecule has 4 aromatic carbocycles. The second-order valence-electron chi connectivity index (χ2n) is 15.0. The van der Waals surface area contributed by atoms with Gasteiger partial charge in [-0.25, -0.2) is 4.98 Å². The summed E-state index contributed by atoms with van der Waals surface area (Å²) >= 11 is 13.1. The first-order chi connectivity index (χ1) is 28.1. The van der Waals surface area contributed by atoms with Crippen LogP contribution in [-0.4, -0.2) is 75.8 Å². The third kappa shape index (κ3) is 10.3. The highest BCUT2D eigenvalue weighted by molar-refractivity contribution is 6.32. The Labute approximate surface area is 349 Å². The highest BCUT2D eigenvalue weighted by Crippen LogP contribution is 2.37. The Morgan fingerprint density at radius 2 is 1.72 bits per heavy atom. The zero-order chi connectivity index (χ0) is 40.6. The van der Waals surface area contributed by atoms with Crippen LogP contribution in [0.3, 0.4) is 0 Å². The van der Waals surface area contributed by atoms with Crippen LogP contribution in [0.5, 0.6) is 17.2 Å². The van der Waals surface area contributed by atoms with Crippen molar-refractivity contribution in [3.05, 3.63) is 134 Å². The van der Waals surface area contributed by atoms with E-state index >= 15 is 0 Å². The third-order valence-corrected chi connectivity index (χ3v) is 11.2. The number of aliphatic hydroxyl groups is 1. The number of H-pyrrole nitrogens is 1. The molecule has 7 rings (SSSR count). The number of rotatable bonds is 17. The largest absolute Gasteiger partial charge is 0.493 e. The van der Waals surface area contributed by atoms with Crippen molar-refractivity contribution >= 4 is 34.2 Å². The van der Waals surface area contributed by atoms with E-state index in [9.17, 15) is 10.4 Å². The average molecular weight is 820 g/mol. The first kappa shape index (κ1) is 41.0. The lowest BCUT2D eigenvalue weighted by Gasteiger charge is -2.21. The molecule has 2 aromatic heterocycles. The van der Waals surface area contributed by atoms with Crippen molar-refractivity contribution in [2.75, 3.05) is 39.8 Å². The van der Waals surface area contributed by atoms with Crippen LogP contribution in [0.25, 0.3) is 22.2 Å². The van der Waals surface area contributed by atoms with Crippen LogP contribution in [0.1, 0.15) is 52.0 Å². The zero-order valence-corrected chi connectivity index (χ0v) is 34.6. The number of pyridine rings is 1. The minimum Gasteiger partial charge on any atom is -0.493 e. The summed E-state index contributed by atoms with van der Waals surface area (Å²) in [5.74, 6) is 2.89. The van der Waals surface area contributed by atoms with E-state index in [0.717, 1.165) is 101 Å². The molecular weight excluding hydrogens is 771 g/mol. The quantitative estimate of drug-likeness (QED) is 0.0869. The molecule has 1 aliphatic heterocycles. The van der Waals surface area contributed by atoms with Crippen molar-refractivity contribution in [3.8, 4) is 34.4 Å². The highest BCUT2D eigenvalue weighted by atomic mass is 35.5. The fourth-order valence-corrected chi connectivity index (χ4v) is 7.79. The number of hydrogen-bond donors (Lipinski definition) is 2. The lowest BCUT2D eigenvalue weighted by Crippen LogP contribution is -2.24. The number of fused-ring (bicyclic) bond motifs is 1. The summed E-state index contributed by atoms with van der Waals surface area (Å²) in [4.78, 5) is 16.8. The number of nitrogens with one attached hydrogen (secondary N) is 1. The Kier molecular flexibility index (Phi) is 13.5. The fourth-order valence-electron chi connectivity index (χ4n) is 7.39. The number of aromatic amines is 1. The van der Waals surface area contributed by atoms with E-state index in [4.69, 9.17) is 42.4 Å². The lowest BCUT2D eigenvalue weighted by molar-refractivity contribution is 0.173. The molecule has 12 heteroatoms. The van der Waals surface area contributed by atoms with Crippen LogP contribution in [0.2, 0.25) is 10.0 Å². The predicted octanol–water partition coefficient (Wildman–Crippen LogP) is 9.09. The van der Waals surface area contributed by atoms with Gasteiger partial charge in [-0.05, 0) is 98.0 Å². The molecule has 6 aromatic rings. The molecule has 0 saturated carbocycles. The molecule has 2 N–H and O–H groups in total. The number of nitriles is 1. The molecule has 10 nitrogen and oxygen atoms in total. The van der Waals surface area contributed by atoms with Crippen molar-refractivity contribution in [1.82, 2.24) is 24.8 Å². The number of benzene rings is 4. The Morgan fingerprint density at radius 3 is 2.53 bits per heavy atom. The van der Waals surface area contributed by atoms with E-state index in [0.29, 0.717) is 53.3 Å². The summed E-state index contributed by atoms with van der Waals surface area (Å²) in [6.07, 6.45) is 5.48. The summed E-state index contributed by atoms with van der Waals surface area (Å²) < 4.78 is 19.1. The Bertz CT molecular complexity index is 2410. The Balaban J connectivity index is 1.05. The number of β-amino-alcohol motifs (C(OH)–C–C–N with tert-alkyl or cyclic N) is 1. The molecule has 0 unspecified atom stereocenters. The van der Waals surface area contributed by atoms with E-state index in [2.05, 4.69) is 63.9 Å². The molecule has 0 aliphatic carbocycles. The number of halogens is 2. The number of aromatic nitrogens is 3. The van der Waals surface area contributed by atoms with Gasteiger partial charge in [0.05, 0.1) is 34.3 Å². The molecule has 1 atom stereocenters. The summed E-state index contributed by atoms with van der Waals surface area (Å²) in [6, 6.07) is 25.8. The number of likely N-dealkylation sites (tertiary alicyclic amines) is 1. The van der Waals surface area contributed by atoms with Crippen molar-refractivity contribution in [3.63, 3.8) is 0 Å². The van der Waals surface area contributed by atoms with E-state index < -0.39 is 0 Å². The first-order valence-electron chi connectivity index (χ1n) is 19.6. The lowest BCUT2D eigenvalue weighted by atomic mass is 9.93. The predicted molar refractivity (Wildman–Crippen MR) is 229 cm³/mol. The summed E-state index contributed by atoms with van der Waals surface area (Å²) in [7, 11) is 2.05. The number of nitrogens with zero attached hydrogens (tertiary/aromatic N) is 5. The van der Waals surface area contributed by atoms with Gasteiger partial charge in [0.15, 0.2) is 0 Å². The molecule has 1 saturated heterocycles. The van der Waals surface area contributed by atoms with Gasteiger partial charge < -0.3 is 34.1 Å². The number of likely N-dealkylation sites (N-methyl/N-ethyl adjacent to an activating group) is 1. The summed E-state index contributed by atoms with van der Waals surface area (Å²) in [6.45, 7) is 9.25. The van der Waals surface area contributed by atoms with Gasteiger partial charge in [-0.2, -0.15) is 5.26 Å². The zero-order valence-electron chi connectivity index (χ0n) is 33.1. The second-order valence-corrected chi connectivity index (χ2v) is 15.8. The Morgan fingerprint density at radius 1 is 0.914 bits per heavy atom. The molecule has 1 aliphatic rings. The maximum Gasteiger partial charge on any atom is 0.142 e. The molecule has 0 spiro atoms. The number of ether oxygens (including phenoxy) is 3. The summed E-state index contributed by atoms with van der Waals surface area (Å²) in [5, 5.41) is 20.4. The van der Waals surface area contributed by atoms with E-state index in [1.165, 1.54) is 6.20 Å². The maximum absolute atomic E-state index is 9.83. The van der Waals surface area contributed by atoms with Crippen LogP contribution >= 0.6 is 23.2 Å². The Hall–Kier alpha value is -5.15. The van der Waals surface area contributed by atoms with Gasteiger partial charge in [0.2, 0.25) is 0 Å². The summed E-state index contributed by atoms with van der Waals surface area (Å²) in [5.41, 5.74) is 9.39. The molecule has 0 amide bonds. The third-order valence-electron chi connectivity index (χ3n) is 10.6.